The van der Waals surface area contributed by atoms with Gasteiger partial charge in [-0.15, -0.1) is 17.9 Å². The fourth-order valence-corrected chi connectivity index (χ4v) is 4.10. The van der Waals surface area contributed by atoms with E-state index < -0.39 is 5.97 Å². The Labute approximate surface area is 146 Å². The summed E-state index contributed by atoms with van der Waals surface area (Å²) in [4.78, 5) is 17.7. The van der Waals surface area contributed by atoms with Gasteiger partial charge < -0.3 is 5.11 Å². The van der Waals surface area contributed by atoms with Crippen LogP contribution in [0.1, 0.15) is 45.4 Å². The van der Waals surface area contributed by atoms with Crippen LogP contribution in [0.15, 0.2) is 42.3 Å². The van der Waals surface area contributed by atoms with Gasteiger partial charge in [0, 0.05) is 24.4 Å². The van der Waals surface area contributed by atoms with Crippen molar-refractivity contribution in [2.24, 2.45) is 0 Å². The Bertz CT molecular complexity index is 708. The van der Waals surface area contributed by atoms with Crippen molar-refractivity contribution in [3.8, 4) is 0 Å². The minimum Gasteiger partial charge on any atom is -0.476 e. The molecule has 1 saturated heterocycles. The summed E-state index contributed by atoms with van der Waals surface area (Å²) in [7, 11) is 0. The second-order valence-electron chi connectivity index (χ2n) is 6.26. The van der Waals surface area contributed by atoms with Gasteiger partial charge in [0.2, 0.25) is 0 Å². The van der Waals surface area contributed by atoms with Crippen LogP contribution < -0.4 is 0 Å². The number of carboxylic acid groups (broad SMARTS) is 1. The van der Waals surface area contributed by atoms with Gasteiger partial charge in [0.25, 0.3) is 0 Å². The Balaban J connectivity index is 1.62. The lowest BCUT2D eigenvalue weighted by Crippen LogP contribution is -2.33. The van der Waals surface area contributed by atoms with Crippen molar-refractivity contribution in [2.75, 3.05) is 13.1 Å². The van der Waals surface area contributed by atoms with Gasteiger partial charge in [0.05, 0.1) is 5.01 Å². The highest BCUT2D eigenvalue weighted by molar-refractivity contribution is 7.09. The zero-order chi connectivity index (χ0) is 16.9. The minimum atomic E-state index is -0.940. The molecule has 4 nitrogen and oxygen atoms in total. The Morgan fingerprint density at radius 3 is 2.79 bits per heavy atom. The second-order valence-corrected chi connectivity index (χ2v) is 7.15. The van der Waals surface area contributed by atoms with Gasteiger partial charge in [-0.25, -0.2) is 9.78 Å². The van der Waals surface area contributed by atoms with Crippen LogP contribution in [0.4, 0.5) is 0 Å². The molecule has 1 aliphatic heterocycles. The first-order chi connectivity index (χ1) is 11.7. The van der Waals surface area contributed by atoms with Gasteiger partial charge in [-0.2, -0.15) is 0 Å². The van der Waals surface area contributed by atoms with E-state index >= 15 is 0 Å². The van der Waals surface area contributed by atoms with Crippen LogP contribution in [0.25, 0.3) is 0 Å². The summed E-state index contributed by atoms with van der Waals surface area (Å²) < 4.78 is 0. The van der Waals surface area contributed by atoms with Crippen molar-refractivity contribution in [3.63, 3.8) is 0 Å². The summed E-state index contributed by atoms with van der Waals surface area (Å²) in [6.45, 7) is 6.74. The minimum absolute atomic E-state index is 0.171. The summed E-state index contributed by atoms with van der Waals surface area (Å²) in [5, 5.41) is 11.6. The van der Waals surface area contributed by atoms with E-state index in [0.717, 1.165) is 43.9 Å². The van der Waals surface area contributed by atoms with E-state index in [1.165, 1.54) is 22.5 Å². The van der Waals surface area contributed by atoms with Gasteiger partial charge in [-0.05, 0) is 36.9 Å². The number of hydrogen-bond acceptors (Lipinski definition) is 4. The summed E-state index contributed by atoms with van der Waals surface area (Å²) in [6.07, 6.45) is 5.04. The lowest BCUT2D eigenvalue weighted by molar-refractivity contribution is 0.0691. The molecular weight excluding hydrogens is 320 g/mol. The number of aromatic carboxylic acids is 1. The number of allylic oxidation sites excluding steroid dienone is 1. The highest BCUT2D eigenvalue weighted by Gasteiger charge is 2.24. The third kappa shape index (κ3) is 4.10. The van der Waals surface area contributed by atoms with Gasteiger partial charge in [-0.1, -0.05) is 30.3 Å². The van der Waals surface area contributed by atoms with Gasteiger partial charge in [0.15, 0.2) is 5.69 Å². The zero-order valence-electron chi connectivity index (χ0n) is 13.6. The topological polar surface area (TPSA) is 53.4 Å². The molecular formula is C19H22N2O2S. The number of nitrogens with zero attached hydrogens (tertiary/aromatic N) is 2. The summed E-state index contributed by atoms with van der Waals surface area (Å²) in [5.74, 6) is -0.596. The Morgan fingerprint density at radius 1 is 1.38 bits per heavy atom. The molecule has 2 aromatic rings. The van der Waals surface area contributed by atoms with Gasteiger partial charge in [0.1, 0.15) is 0 Å². The molecule has 0 spiro atoms. The summed E-state index contributed by atoms with van der Waals surface area (Å²) in [6, 6.07) is 8.71. The van der Waals surface area contributed by atoms with Crippen LogP contribution in [0, 0.1) is 0 Å². The van der Waals surface area contributed by atoms with E-state index in [4.69, 9.17) is 5.11 Å². The van der Waals surface area contributed by atoms with Crippen molar-refractivity contribution < 1.29 is 9.90 Å². The molecule has 1 unspecified atom stereocenters. The first-order valence-corrected chi connectivity index (χ1v) is 9.13. The molecule has 126 valence electrons. The highest BCUT2D eigenvalue weighted by atomic mass is 32.1. The van der Waals surface area contributed by atoms with E-state index in [1.807, 2.05) is 6.08 Å². The maximum atomic E-state index is 11.0. The van der Waals surface area contributed by atoms with Gasteiger partial charge >= 0.3 is 5.97 Å². The molecule has 1 fully saturated rings. The molecule has 5 heteroatoms. The van der Waals surface area contributed by atoms with Crippen LogP contribution in [-0.2, 0) is 13.0 Å². The quantitative estimate of drug-likeness (QED) is 0.808. The van der Waals surface area contributed by atoms with Crippen LogP contribution in [0.3, 0.4) is 0 Å². The Hall–Kier alpha value is -1.98. The van der Waals surface area contributed by atoms with Crippen LogP contribution in [0.2, 0.25) is 0 Å². The van der Waals surface area contributed by atoms with E-state index in [2.05, 4.69) is 40.7 Å². The molecule has 24 heavy (non-hydrogen) atoms. The van der Waals surface area contributed by atoms with Crippen LogP contribution >= 0.6 is 11.3 Å². The second kappa shape index (κ2) is 7.73. The standard InChI is InChI=1S/C19H22N2O2S/c1-2-4-14-6-8-15(9-7-14)11-21-10-3-5-16(12-21)18-20-17(13-24-18)19(22)23/h2,6-9,13,16H,1,3-5,10-12H2,(H,22,23). The molecule has 1 atom stereocenters. The maximum Gasteiger partial charge on any atom is 0.355 e. The molecule has 0 bridgehead atoms. The first kappa shape index (κ1) is 16.9. The fourth-order valence-electron chi connectivity index (χ4n) is 3.18. The number of benzene rings is 1. The number of hydrogen-bond donors (Lipinski definition) is 1. The first-order valence-electron chi connectivity index (χ1n) is 8.25. The van der Waals surface area contributed by atoms with E-state index in [0.29, 0.717) is 5.92 Å². The molecule has 1 N–H and O–H groups in total. The molecule has 1 aromatic heterocycles. The summed E-state index contributed by atoms with van der Waals surface area (Å²) >= 11 is 1.47. The molecule has 1 aromatic carbocycles. The average molecular weight is 342 g/mol. The Kier molecular flexibility index (Phi) is 5.43. The molecule has 0 radical (unpaired) electrons. The third-order valence-electron chi connectivity index (χ3n) is 4.41. The lowest BCUT2D eigenvalue weighted by Gasteiger charge is -2.31. The third-order valence-corrected chi connectivity index (χ3v) is 5.41. The maximum absolute atomic E-state index is 11.0. The number of rotatable bonds is 6. The average Bonchev–Trinajstić information content (AvgIpc) is 3.08. The van der Waals surface area contributed by atoms with Crippen LogP contribution in [0.5, 0.6) is 0 Å². The molecule has 0 amide bonds. The van der Waals surface area contributed by atoms with E-state index in [-0.39, 0.29) is 5.69 Å². The largest absolute Gasteiger partial charge is 0.476 e. The number of likely N-dealkylation sites (tertiary alicyclic amines) is 1. The monoisotopic (exact) mass is 342 g/mol. The zero-order valence-corrected chi connectivity index (χ0v) is 14.5. The predicted octanol–water partition coefficient (Wildman–Crippen LogP) is 3.95. The fraction of sp³-hybridized carbons (Fsp3) is 0.368. The summed E-state index contributed by atoms with van der Waals surface area (Å²) in [5.41, 5.74) is 2.77. The normalized spacial score (nSPS) is 18.4. The van der Waals surface area contributed by atoms with E-state index in [9.17, 15) is 4.79 Å². The van der Waals surface area contributed by atoms with Crippen LogP contribution in [-0.4, -0.2) is 34.0 Å². The SMILES string of the molecule is C=CCc1ccc(CN2CCCC(c3nc(C(=O)O)cs3)C2)cc1. The molecule has 1 aliphatic rings. The van der Waals surface area contributed by atoms with Crippen molar-refractivity contribution in [2.45, 2.75) is 31.7 Å². The van der Waals surface area contributed by atoms with Crippen molar-refractivity contribution in [3.05, 3.63) is 64.1 Å². The Morgan fingerprint density at radius 2 is 2.12 bits per heavy atom. The number of carboxylic acids is 1. The molecule has 0 saturated carbocycles. The van der Waals surface area contributed by atoms with Gasteiger partial charge in [-0.3, -0.25) is 4.90 Å². The molecule has 2 heterocycles. The lowest BCUT2D eigenvalue weighted by atomic mass is 9.98. The molecule has 3 rings (SSSR count). The highest BCUT2D eigenvalue weighted by Crippen LogP contribution is 2.30. The van der Waals surface area contributed by atoms with Crippen molar-refractivity contribution in [1.29, 1.82) is 0 Å². The van der Waals surface area contributed by atoms with Crippen molar-refractivity contribution in [1.82, 2.24) is 9.88 Å². The number of aromatic nitrogens is 1. The number of carbonyl (C=O) groups is 1. The van der Waals surface area contributed by atoms with Crippen molar-refractivity contribution >= 4 is 17.3 Å². The number of piperidine rings is 1. The van der Waals surface area contributed by atoms with E-state index in [1.54, 1.807) is 5.38 Å². The number of thiazole rings is 1. The molecule has 0 aliphatic carbocycles. The predicted molar refractivity (Wildman–Crippen MR) is 96.7 cm³/mol. The smallest absolute Gasteiger partial charge is 0.355 e.